The summed E-state index contributed by atoms with van der Waals surface area (Å²) in [5.41, 5.74) is 6.09. The summed E-state index contributed by atoms with van der Waals surface area (Å²) >= 11 is 0. The lowest BCUT2D eigenvalue weighted by Crippen LogP contribution is -2.25. The van der Waals surface area contributed by atoms with Gasteiger partial charge in [0, 0.05) is 25.2 Å². The zero-order valence-corrected chi connectivity index (χ0v) is 17.1. The molecule has 1 rings (SSSR count). The average molecular weight is 342 g/mol. The van der Waals surface area contributed by atoms with Crippen LogP contribution in [0.5, 0.6) is 0 Å². The third-order valence-electron chi connectivity index (χ3n) is 4.94. The Labute approximate surface area is 156 Å². The van der Waals surface area contributed by atoms with E-state index in [1.807, 2.05) is 6.08 Å². The smallest absolute Gasteiger partial charge is 0.0447 e. The molecular weight excluding hydrogens is 302 g/mol. The third kappa shape index (κ3) is 8.45. The molecule has 0 saturated heterocycles. The average Bonchev–Trinajstić information content (AvgIpc) is 2.66. The van der Waals surface area contributed by atoms with Crippen LogP contribution in [0, 0.1) is 11.8 Å². The SMILES string of the molecule is C=C1CC(C)C=CC=C=CC1C(=CCCCC)N(C)CCCCCC. The Morgan fingerprint density at radius 2 is 2.00 bits per heavy atom. The van der Waals surface area contributed by atoms with Crippen LogP contribution in [-0.4, -0.2) is 18.5 Å². The summed E-state index contributed by atoms with van der Waals surface area (Å²) in [6.45, 7) is 12.4. The fourth-order valence-electron chi connectivity index (χ4n) is 3.35. The fourth-order valence-corrected chi connectivity index (χ4v) is 3.35. The van der Waals surface area contributed by atoms with Crippen LogP contribution in [0.25, 0.3) is 0 Å². The molecule has 2 atom stereocenters. The van der Waals surface area contributed by atoms with Gasteiger partial charge in [0.2, 0.25) is 0 Å². The molecular formula is C24H39N. The lowest BCUT2D eigenvalue weighted by atomic mass is 9.88. The van der Waals surface area contributed by atoms with Crippen LogP contribution in [0.1, 0.15) is 72.1 Å². The van der Waals surface area contributed by atoms with Crippen LogP contribution in [0.2, 0.25) is 0 Å². The number of hydrogen-bond acceptors (Lipinski definition) is 1. The zero-order chi connectivity index (χ0) is 18.5. The second-order valence-electron chi connectivity index (χ2n) is 7.46. The van der Waals surface area contributed by atoms with Crippen molar-refractivity contribution in [1.29, 1.82) is 0 Å². The van der Waals surface area contributed by atoms with Gasteiger partial charge in [0.25, 0.3) is 0 Å². The van der Waals surface area contributed by atoms with Gasteiger partial charge in [0.15, 0.2) is 0 Å². The lowest BCUT2D eigenvalue weighted by Gasteiger charge is -2.30. The van der Waals surface area contributed by atoms with E-state index >= 15 is 0 Å². The molecule has 0 amide bonds. The van der Waals surface area contributed by atoms with Crippen molar-refractivity contribution < 1.29 is 0 Å². The summed E-state index contributed by atoms with van der Waals surface area (Å²) in [7, 11) is 2.25. The maximum Gasteiger partial charge on any atom is 0.0447 e. The van der Waals surface area contributed by atoms with Gasteiger partial charge in [-0.2, -0.15) is 0 Å². The van der Waals surface area contributed by atoms with Crippen molar-refractivity contribution in [2.75, 3.05) is 13.6 Å². The summed E-state index contributed by atoms with van der Waals surface area (Å²) < 4.78 is 0. The van der Waals surface area contributed by atoms with Crippen LogP contribution < -0.4 is 0 Å². The van der Waals surface area contributed by atoms with Gasteiger partial charge in [-0.05, 0) is 37.3 Å². The summed E-state index contributed by atoms with van der Waals surface area (Å²) in [5.74, 6) is 0.818. The van der Waals surface area contributed by atoms with Crippen molar-refractivity contribution in [3.8, 4) is 0 Å². The summed E-state index contributed by atoms with van der Waals surface area (Å²) in [6.07, 6.45) is 21.0. The fraction of sp³-hybridized carbons (Fsp3) is 0.625. The van der Waals surface area contributed by atoms with Crippen LogP contribution in [0.4, 0.5) is 0 Å². The molecule has 1 heteroatoms. The Morgan fingerprint density at radius 1 is 1.24 bits per heavy atom. The van der Waals surface area contributed by atoms with E-state index in [9.17, 15) is 0 Å². The van der Waals surface area contributed by atoms with E-state index in [4.69, 9.17) is 0 Å². The molecule has 2 unspecified atom stereocenters. The van der Waals surface area contributed by atoms with Crippen molar-refractivity contribution >= 4 is 0 Å². The highest BCUT2D eigenvalue weighted by Gasteiger charge is 2.19. The Bertz CT molecular complexity index is 502. The number of rotatable bonds is 10. The highest BCUT2D eigenvalue weighted by Crippen LogP contribution is 2.29. The number of hydrogen-bond donors (Lipinski definition) is 0. The van der Waals surface area contributed by atoms with Gasteiger partial charge >= 0.3 is 0 Å². The van der Waals surface area contributed by atoms with E-state index in [1.165, 1.54) is 49.8 Å². The van der Waals surface area contributed by atoms with E-state index in [2.05, 4.69) is 69.3 Å². The molecule has 1 aliphatic rings. The molecule has 0 fully saturated rings. The second kappa shape index (κ2) is 12.8. The van der Waals surface area contributed by atoms with Gasteiger partial charge in [0.05, 0.1) is 0 Å². The third-order valence-corrected chi connectivity index (χ3v) is 4.94. The van der Waals surface area contributed by atoms with Crippen molar-refractivity contribution in [3.05, 3.63) is 54.0 Å². The topological polar surface area (TPSA) is 3.24 Å². The molecule has 0 radical (unpaired) electrons. The summed E-state index contributed by atoms with van der Waals surface area (Å²) in [6, 6.07) is 0. The highest BCUT2D eigenvalue weighted by atomic mass is 15.1. The van der Waals surface area contributed by atoms with Gasteiger partial charge in [-0.3, -0.25) is 0 Å². The first kappa shape index (κ1) is 21.6. The molecule has 0 saturated carbocycles. The summed E-state index contributed by atoms with van der Waals surface area (Å²) in [4.78, 5) is 2.47. The van der Waals surface area contributed by atoms with E-state index in [0.717, 1.165) is 19.4 Å². The largest absolute Gasteiger partial charge is 0.377 e. The van der Waals surface area contributed by atoms with Crippen LogP contribution in [0.15, 0.2) is 54.0 Å². The molecule has 1 aliphatic carbocycles. The minimum Gasteiger partial charge on any atom is -0.377 e. The molecule has 0 N–H and O–H groups in total. The summed E-state index contributed by atoms with van der Waals surface area (Å²) in [5, 5.41) is 0. The van der Waals surface area contributed by atoms with Crippen molar-refractivity contribution in [1.82, 2.24) is 4.90 Å². The van der Waals surface area contributed by atoms with Crippen LogP contribution >= 0.6 is 0 Å². The van der Waals surface area contributed by atoms with Crippen LogP contribution in [-0.2, 0) is 0 Å². The van der Waals surface area contributed by atoms with E-state index in [1.54, 1.807) is 0 Å². The first-order chi connectivity index (χ1) is 12.1. The molecule has 0 spiro atoms. The first-order valence-corrected chi connectivity index (χ1v) is 10.3. The minimum atomic E-state index is 0.284. The number of nitrogens with zero attached hydrogens (tertiary/aromatic N) is 1. The maximum absolute atomic E-state index is 4.44. The molecule has 1 nitrogen and oxygen atoms in total. The van der Waals surface area contributed by atoms with Gasteiger partial charge in [-0.15, -0.1) is 5.73 Å². The Balaban J connectivity index is 2.95. The molecule has 0 aromatic carbocycles. The first-order valence-electron chi connectivity index (χ1n) is 10.3. The molecule has 0 heterocycles. The van der Waals surface area contributed by atoms with E-state index < -0.39 is 0 Å². The zero-order valence-electron chi connectivity index (χ0n) is 17.1. The molecule has 25 heavy (non-hydrogen) atoms. The van der Waals surface area contributed by atoms with Gasteiger partial charge in [-0.25, -0.2) is 0 Å². The van der Waals surface area contributed by atoms with Crippen LogP contribution in [0.3, 0.4) is 0 Å². The Kier molecular flexibility index (Phi) is 11.1. The van der Waals surface area contributed by atoms with Gasteiger partial charge in [0.1, 0.15) is 0 Å². The monoisotopic (exact) mass is 341 g/mol. The van der Waals surface area contributed by atoms with E-state index in [-0.39, 0.29) is 5.92 Å². The molecule has 0 bridgehead atoms. The molecule has 140 valence electrons. The van der Waals surface area contributed by atoms with Crippen molar-refractivity contribution in [2.24, 2.45) is 11.8 Å². The number of unbranched alkanes of at least 4 members (excludes halogenated alkanes) is 5. The van der Waals surface area contributed by atoms with Gasteiger partial charge in [-0.1, -0.05) is 83.3 Å². The van der Waals surface area contributed by atoms with Crippen molar-refractivity contribution in [2.45, 2.75) is 72.1 Å². The molecule has 0 aliphatic heterocycles. The predicted molar refractivity (Wildman–Crippen MR) is 113 cm³/mol. The molecule has 0 aromatic rings. The predicted octanol–water partition coefficient (Wildman–Crippen LogP) is 7.05. The maximum atomic E-state index is 4.44. The van der Waals surface area contributed by atoms with E-state index in [0.29, 0.717) is 5.92 Å². The number of allylic oxidation sites excluding steroid dienone is 4. The second-order valence-corrected chi connectivity index (χ2v) is 7.46. The quantitative estimate of drug-likeness (QED) is 0.234. The standard InChI is InChI=1S/C24H39N/c1-6-8-10-15-19-25(5)24(18-12-9-7-2)23-17-14-11-13-16-21(3)20-22(23)4/h11,13,16-18,21,23H,4,6-10,12,15,19-20H2,1-3,5H3. The van der Waals surface area contributed by atoms with Gasteiger partial charge < -0.3 is 4.90 Å². The Hall–Kier alpha value is -1.46. The lowest BCUT2D eigenvalue weighted by molar-refractivity contribution is 0.370. The van der Waals surface area contributed by atoms with Crippen molar-refractivity contribution in [3.63, 3.8) is 0 Å². The Morgan fingerprint density at radius 3 is 2.72 bits per heavy atom. The molecule has 0 aromatic heterocycles. The minimum absolute atomic E-state index is 0.284. The highest BCUT2D eigenvalue weighted by molar-refractivity contribution is 5.27. The normalized spacial score (nSPS) is 21.1.